The van der Waals surface area contributed by atoms with Crippen molar-refractivity contribution in [1.82, 2.24) is 0 Å². The Hall–Kier alpha value is -1.17. The van der Waals surface area contributed by atoms with Gasteiger partial charge in [0.1, 0.15) is 18.5 Å². The Bertz CT molecular complexity index is 770. The third-order valence-electron chi connectivity index (χ3n) is 4.72. The molecular formula is C22H27Cl3O4. The first-order valence-electron chi connectivity index (χ1n) is 9.39. The van der Waals surface area contributed by atoms with Gasteiger partial charge < -0.3 is 19.7 Å². The molecule has 2 aromatic rings. The second kappa shape index (κ2) is 10.7. The molecule has 0 aliphatic carbocycles. The summed E-state index contributed by atoms with van der Waals surface area (Å²) in [5.74, 6) is 1.78. The molecule has 0 aliphatic heterocycles. The van der Waals surface area contributed by atoms with Crippen molar-refractivity contribution in [2.24, 2.45) is 5.92 Å². The summed E-state index contributed by atoms with van der Waals surface area (Å²) in [7, 11) is 0. The molecule has 7 heteroatoms. The number of hydrogen-bond acceptors (Lipinski definition) is 4. The van der Waals surface area contributed by atoms with Gasteiger partial charge in [0.05, 0.1) is 23.3 Å². The molecule has 0 spiro atoms. The summed E-state index contributed by atoms with van der Waals surface area (Å²) in [6.45, 7) is 6.29. The summed E-state index contributed by atoms with van der Waals surface area (Å²) in [5, 5.41) is 19.2. The van der Waals surface area contributed by atoms with E-state index >= 15 is 0 Å². The van der Waals surface area contributed by atoms with Gasteiger partial charge in [0.25, 0.3) is 0 Å². The van der Waals surface area contributed by atoms with Crippen LogP contribution in [0.15, 0.2) is 36.4 Å². The number of aliphatic hydroxyl groups is 2. The third kappa shape index (κ3) is 6.40. The van der Waals surface area contributed by atoms with E-state index in [2.05, 4.69) is 13.8 Å². The highest BCUT2D eigenvalue weighted by molar-refractivity contribution is 6.37. The molecule has 2 aromatic carbocycles. The van der Waals surface area contributed by atoms with Crippen molar-refractivity contribution in [3.05, 3.63) is 57.6 Å². The molecular weight excluding hydrogens is 435 g/mol. The fraction of sp³-hybridized carbons (Fsp3) is 0.455. The monoisotopic (exact) mass is 460 g/mol. The van der Waals surface area contributed by atoms with Gasteiger partial charge in [-0.1, -0.05) is 56.1 Å². The SMILES string of the molecule is C[C@@H](CCl)COc1c(Cl)cc(C(C)(C)c2ccc(OC[C@H](O)CO)cc2)cc1Cl. The molecule has 0 saturated carbocycles. The van der Waals surface area contributed by atoms with Crippen molar-refractivity contribution in [2.45, 2.75) is 32.3 Å². The molecule has 2 rings (SSSR count). The van der Waals surface area contributed by atoms with Crippen LogP contribution in [-0.2, 0) is 5.41 Å². The van der Waals surface area contributed by atoms with Crippen LogP contribution in [0.4, 0.5) is 0 Å². The Balaban J connectivity index is 2.19. The van der Waals surface area contributed by atoms with Crippen molar-refractivity contribution in [3.8, 4) is 11.5 Å². The second-order valence-corrected chi connectivity index (χ2v) is 8.76. The van der Waals surface area contributed by atoms with E-state index in [-0.39, 0.29) is 24.5 Å². The largest absolute Gasteiger partial charge is 0.491 e. The van der Waals surface area contributed by atoms with E-state index < -0.39 is 6.10 Å². The average molecular weight is 462 g/mol. The zero-order chi connectivity index (χ0) is 21.6. The highest BCUT2D eigenvalue weighted by atomic mass is 35.5. The quantitative estimate of drug-likeness (QED) is 0.471. The predicted octanol–water partition coefficient (Wildman–Crippen LogP) is 5.31. The lowest BCUT2D eigenvalue weighted by Crippen LogP contribution is -2.21. The molecule has 0 aliphatic rings. The minimum Gasteiger partial charge on any atom is -0.491 e. The van der Waals surface area contributed by atoms with Crippen LogP contribution in [0.5, 0.6) is 11.5 Å². The fourth-order valence-electron chi connectivity index (χ4n) is 2.71. The van der Waals surface area contributed by atoms with Gasteiger partial charge in [0.15, 0.2) is 5.75 Å². The van der Waals surface area contributed by atoms with Gasteiger partial charge in [-0.15, -0.1) is 11.6 Å². The highest BCUT2D eigenvalue weighted by Gasteiger charge is 2.26. The van der Waals surface area contributed by atoms with Crippen LogP contribution in [0.25, 0.3) is 0 Å². The van der Waals surface area contributed by atoms with Crippen LogP contribution in [-0.4, -0.2) is 42.0 Å². The molecule has 2 N–H and O–H groups in total. The zero-order valence-corrected chi connectivity index (χ0v) is 19.1. The van der Waals surface area contributed by atoms with Gasteiger partial charge in [-0.25, -0.2) is 0 Å². The average Bonchev–Trinajstić information content (AvgIpc) is 2.71. The number of benzene rings is 2. The second-order valence-electron chi connectivity index (χ2n) is 7.64. The normalized spacial score (nSPS) is 13.8. The Morgan fingerprint density at radius 2 is 1.55 bits per heavy atom. The first-order valence-corrected chi connectivity index (χ1v) is 10.7. The predicted molar refractivity (Wildman–Crippen MR) is 119 cm³/mol. The van der Waals surface area contributed by atoms with Gasteiger partial charge in [-0.2, -0.15) is 0 Å². The lowest BCUT2D eigenvalue weighted by Gasteiger charge is -2.27. The topological polar surface area (TPSA) is 58.9 Å². The lowest BCUT2D eigenvalue weighted by atomic mass is 9.78. The first kappa shape index (κ1) is 24.1. The molecule has 0 bridgehead atoms. The summed E-state index contributed by atoms with van der Waals surface area (Å²) >= 11 is 18.7. The maximum absolute atomic E-state index is 9.39. The maximum atomic E-state index is 9.39. The summed E-state index contributed by atoms with van der Waals surface area (Å²) in [6, 6.07) is 11.3. The maximum Gasteiger partial charge on any atom is 0.156 e. The van der Waals surface area contributed by atoms with Crippen molar-refractivity contribution in [2.75, 3.05) is 25.7 Å². The summed E-state index contributed by atoms with van der Waals surface area (Å²) in [6.07, 6.45) is -0.899. The molecule has 0 radical (unpaired) electrons. The molecule has 0 unspecified atom stereocenters. The molecule has 160 valence electrons. The molecule has 0 amide bonds. The third-order valence-corrected chi connectivity index (χ3v) is 5.81. The molecule has 4 nitrogen and oxygen atoms in total. The van der Waals surface area contributed by atoms with E-state index in [1.807, 2.05) is 43.3 Å². The molecule has 0 saturated heterocycles. The number of aliphatic hydroxyl groups excluding tert-OH is 2. The van der Waals surface area contributed by atoms with Crippen molar-refractivity contribution < 1.29 is 19.7 Å². The number of ether oxygens (including phenoxy) is 2. The molecule has 0 aromatic heterocycles. The Kier molecular flexibility index (Phi) is 8.92. The summed E-state index contributed by atoms with van der Waals surface area (Å²) in [5.41, 5.74) is 1.64. The van der Waals surface area contributed by atoms with Gasteiger partial charge in [-0.05, 0) is 35.4 Å². The Labute approximate surface area is 187 Å². The Morgan fingerprint density at radius 3 is 2.07 bits per heavy atom. The summed E-state index contributed by atoms with van der Waals surface area (Å²) in [4.78, 5) is 0. The minimum atomic E-state index is -0.899. The standard InChI is InChI=1S/C22H27Cl3O4/c1-14(10-23)12-29-21-19(24)8-16(9-20(21)25)22(2,3)15-4-6-18(7-5-15)28-13-17(27)11-26/h4-9,14,17,26-27H,10-13H2,1-3H3/t14-,17+/m0/s1. The van der Waals surface area contributed by atoms with Gasteiger partial charge in [0.2, 0.25) is 0 Å². The van der Waals surface area contributed by atoms with Crippen molar-refractivity contribution in [1.29, 1.82) is 0 Å². The highest BCUT2D eigenvalue weighted by Crippen LogP contribution is 2.40. The van der Waals surface area contributed by atoms with Gasteiger partial charge >= 0.3 is 0 Å². The van der Waals surface area contributed by atoms with Crippen LogP contribution in [0.3, 0.4) is 0 Å². The number of rotatable bonds is 10. The Morgan fingerprint density at radius 1 is 0.966 bits per heavy atom. The van der Waals surface area contributed by atoms with Crippen LogP contribution < -0.4 is 9.47 Å². The number of hydrogen-bond donors (Lipinski definition) is 2. The fourth-order valence-corrected chi connectivity index (χ4v) is 3.39. The smallest absolute Gasteiger partial charge is 0.156 e. The van der Waals surface area contributed by atoms with Crippen LogP contribution in [0.2, 0.25) is 10.0 Å². The molecule has 29 heavy (non-hydrogen) atoms. The van der Waals surface area contributed by atoms with Crippen LogP contribution in [0, 0.1) is 5.92 Å². The molecule has 0 fully saturated rings. The van der Waals surface area contributed by atoms with E-state index in [0.29, 0.717) is 34.0 Å². The van der Waals surface area contributed by atoms with Crippen molar-refractivity contribution >= 4 is 34.8 Å². The molecule has 0 heterocycles. The summed E-state index contributed by atoms with van der Waals surface area (Å²) < 4.78 is 11.2. The van der Waals surface area contributed by atoms with Crippen molar-refractivity contribution in [3.63, 3.8) is 0 Å². The van der Waals surface area contributed by atoms with Crippen LogP contribution in [0.1, 0.15) is 31.9 Å². The first-order chi connectivity index (χ1) is 13.7. The zero-order valence-electron chi connectivity index (χ0n) is 16.8. The van der Waals surface area contributed by atoms with E-state index in [1.165, 1.54) is 0 Å². The van der Waals surface area contributed by atoms with E-state index in [0.717, 1.165) is 11.1 Å². The van der Waals surface area contributed by atoms with Crippen LogP contribution >= 0.6 is 34.8 Å². The van der Waals surface area contributed by atoms with E-state index in [4.69, 9.17) is 49.4 Å². The van der Waals surface area contributed by atoms with Gasteiger partial charge in [-0.3, -0.25) is 0 Å². The minimum absolute atomic E-state index is 0.0360. The molecule has 2 atom stereocenters. The van der Waals surface area contributed by atoms with E-state index in [9.17, 15) is 5.11 Å². The number of halogens is 3. The van der Waals surface area contributed by atoms with E-state index in [1.54, 1.807) is 0 Å². The number of alkyl halides is 1. The van der Waals surface area contributed by atoms with Gasteiger partial charge in [0, 0.05) is 17.2 Å². The lowest BCUT2D eigenvalue weighted by molar-refractivity contribution is 0.0536.